The van der Waals surface area contributed by atoms with Gasteiger partial charge in [-0.25, -0.2) is 9.89 Å². The number of fused-ring (bicyclic) bond motifs is 3. The van der Waals surface area contributed by atoms with Crippen LogP contribution in [0.4, 0.5) is 5.69 Å². The number of hydrogen-bond acceptors (Lipinski definition) is 5. The molecule has 33 heavy (non-hydrogen) atoms. The van der Waals surface area contributed by atoms with E-state index in [2.05, 4.69) is 5.32 Å². The van der Waals surface area contributed by atoms with E-state index in [1.165, 1.54) is 18.2 Å². The lowest BCUT2D eigenvalue weighted by Crippen LogP contribution is -2.43. The van der Waals surface area contributed by atoms with Gasteiger partial charge in [0.05, 0.1) is 12.1 Å². The highest BCUT2D eigenvalue weighted by atomic mass is 35.5. The lowest BCUT2D eigenvalue weighted by atomic mass is 9.95. The van der Waals surface area contributed by atoms with Crippen molar-refractivity contribution >= 4 is 51.9 Å². The maximum Gasteiger partial charge on any atom is 0.259 e. The van der Waals surface area contributed by atoms with Crippen LogP contribution in [-0.4, -0.2) is 39.8 Å². The number of rotatable bonds is 5. The first-order valence-electron chi connectivity index (χ1n) is 11.4. The lowest BCUT2D eigenvalue weighted by Gasteiger charge is -2.26. The van der Waals surface area contributed by atoms with Crippen molar-refractivity contribution in [2.75, 3.05) is 0 Å². The topological polar surface area (TPSA) is 74.1 Å². The average molecular weight is 481 g/mol. The van der Waals surface area contributed by atoms with E-state index in [9.17, 15) is 9.59 Å². The normalized spacial score (nSPS) is 20.1. The van der Waals surface area contributed by atoms with Gasteiger partial charge >= 0.3 is 0 Å². The number of carbonyl (C=O) groups is 2. The number of carbonyl (C=O) groups excluding carboxylic acids is 2. The summed E-state index contributed by atoms with van der Waals surface area (Å²) in [6.07, 6.45) is 5.58. The number of thioether (sulfide) groups is 1. The van der Waals surface area contributed by atoms with Crippen molar-refractivity contribution in [1.29, 1.82) is 0 Å². The van der Waals surface area contributed by atoms with Crippen LogP contribution in [0.2, 0.25) is 5.02 Å². The Bertz CT molecular complexity index is 1140. The van der Waals surface area contributed by atoms with E-state index in [4.69, 9.17) is 21.6 Å². The maximum absolute atomic E-state index is 13.4. The summed E-state index contributed by atoms with van der Waals surface area (Å²) in [4.78, 5) is 37.1. The molecule has 1 N–H and O–H groups in total. The summed E-state index contributed by atoms with van der Waals surface area (Å²) in [7, 11) is 0. The fourth-order valence-corrected chi connectivity index (χ4v) is 5.79. The molecule has 0 spiro atoms. The highest BCUT2D eigenvalue weighted by Crippen LogP contribution is 2.35. The van der Waals surface area contributed by atoms with E-state index in [-0.39, 0.29) is 24.3 Å². The number of hydrogen-bond donors (Lipinski definition) is 1. The van der Waals surface area contributed by atoms with Gasteiger partial charge in [-0.15, -0.1) is 0 Å². The van der Waals surface area contributed by atoms with Crippen LogP contribution in [0.1, 0.15) is 49.7 Å². The third-order valence-electron chi connectivity index (χ3n) is 6.21. The largest absolute Gasteiger partial charge is 0.353 e. The number of amidine groups is 2. The van der Waals surface area contributed by atoms with Crippen LogP contribution in [0.15, 0.2) is 58.5 Å². The van der Waals surface area contributed by atoms with E-state index in [1.807, 2.05) is 48.5 Å². The van der Waals surface area contributed by atoms with Crippen molar-refractivity contribution < 1.29 is 9.59 Å². The number of benzene rings is 2. The molecule has 1 saturated carbocycles. The summed E-state index contributed by atoms with van der Waals surface area (Å²) >= 11 is 7.77. The fraction of sp³-hybridized carbons (Fsp3) is 0.360. The molecule has 2 aliphatic heterocycles. The number of nitrogens with zero attached hydrogens (tertiary/aromatic N) is 3. The van der Waals surface area contributed by atoms with E-state index in [1.54, 1.807) is 4.90 Å². The molecule has 1 atom stereocenters. The molecule has 0 unspecified atom stereocenters. The van der Waals surface area contributed by atoms with Crippen LogP contribution >= 0.6 is 23.4 Å². The molecule has 0 radical (unpaired) electrons. The predicted octanol–water partition coefficient (Wildman–Crippen LogP) is 5.07. The van der Waals surface area contributed by atoms with Crippen LogP contribution in [-0.2, 0) is 15.3 Å². The quantitative estimate of drug-likeness (QED) is 0.649. The molecule has 3 aliphatic rings. The molecule has 6 nitrogen and oxygen atoms in total. The van der Waals surface area contributed by atoms with Gasteiger partial charge in [0.1, 0.15) is 11.9 Å². The SMILES string of the molecule is O=C(C[C@@H]1N=C2c3ccccc3N=C(SCc3ccccc3Cl)N2C1=O)NC1CCCCC1. The molecule has 1 fully saturated rings. The summed E-state index contributed by atoms with van der Waals surface area (Å²) < 4.78 is 0. The Balaban J connectivity index is 1.36. The zero-order chi connectivity index (χ0) is 22.8. The minimum atomic E-state index is -0.735. The number of halogens is 1. The summed E-state index contributed by atoms with van der Waals surface area (Å²) in [5, 5.41) is 4.35. The van der Waals surface area contributed by atoms with Gasteiger partial charge < -0.3 is 5.32 Å². The first-order valence-corrected chi connectivity index (χ1v) is 12.7. The van der Waals surface area contributed by atoms with E-state index in [0.29, 0.717) is 21.8 Å². The van der Waals surface area contributed by atoms with Gasteiger partial charge in [-0.1, -0.05) is 73.0 Å². The average Bonchev–Trinajstić information content (AvgIpc) is 3.15. The lowest BCUT2D eigenvalue weighted by molar-refractivity contribution is -0.129. The molecule has 170 valence electrons. The molecule has 0 bridgehead atoms. The van der Waals surface area contributed by atoms with Gasteiger partial charge in [0.2, 0.25) is 5.91 Å². The van der Waals surface area contributed by atoms with Crippen LogP contribution in [0.5, 0.6) is 0 Å². The van der Waals surface area contributed by atoms with Gasteiger partial charge in [0, 0.05) is 22.4 Å². The number of aliphatic imine (C=N–C) groups is 2. The van der Waals surface area contributed by atoms with Crippen molar-refractivity contribution in [3.05, 3.63) is 64.7 Å². The van der Waals surface area contributed by atoms with Crippen molar-refractivity contribution in [2.24, 2.45) is 9.98 Å². The summed E-state index contributed by atoms with van der Waals surface area (Å²) in [5.74, 6) is 0.830. The standard InChI is InChI=1S/C25H25ClN4O2S/c26-19-12-6-4-8-16(19)15-33-25-29-20-13-7-5-11-18(20)23-28-21(24(32)30(23)25)14-22(31)27-17-9-2-1-3-10-17/h4-8,11-13,17,21H,1-3,9-10,14-15H2,(H,27,31)/t21-/m0/s1. The zero-order valence-electron chi connectivity index (χ0n) is 18.2. The summed E-state index contributed by atoms with van der Waals surface area (Å²) in [6.45, 7) is 0. The first kappa shape index (κ1) is 22.2. The Morgan fingerprint density at radius 3 is 2.67 bits per heavy atom. The molecule has 1 aliphatic carbocycles. The van der Waals surface area contributed by atoms with Crippen molar-refractivity contribution in [2.45, 2.75) is 56.4 Å². The van der Waals surface area contributed by atoms with Crippen LogP contribution in [0.3, 0.4) is 0 Å². The highest BCUT2D eigenvalue weighted by Gasteiger charge is 2.42. The number of para-hydroxylation sites is 1. The minimum Gasteiger partial charge on any atom is -0.353 e. The predicted molar refractivity (Wildman–Crippen MR) is 133 cm³/mol. The molecule has 2 heterocycles. The minimum absolute atomic E-state index is 0.0555. The van der Waals surface area contributed by atoms with E-state index in [0.717, 1.165) is 42.5 Å². The molecule has 2 aromatic rings. The Morgan fingerprint density at radius 2 is 1.85 bits per heavy atom. The van der Waals surface area contributed by atoms with Crippen LogP contribution in [0.25, 0.3) is 0 Å². The zero-order valence-corrected chi connectivity index (χ0v) is 19.7. The maximum atomic E-state index is 13.4. The second-order valence-corrected chi connectivity index (χ2v) is 9.89. The third-order valence-corrected chi connectivity index (χ3v) is 7.57. The number of amides is 2. The van der Waals surface area contributed by atoms with Gasteiger partial charge in [0.15, 0.2) is 5.17 Å². The van der Waals surface area contributed by atoms with E-state index >= 15 is 0 Å². The monoisotopic (exact) mass is 480 g/mol. The Kier molecular flexibility index (Phi) is 6.51. The Morgan fingerprint density at radius 1 is 1.09 bits per heavy atom. The first-order chi connectivity index (χ1) is 16.1. The van der Waals surface area contributed by atoms with Gasteiger partial charge in [0.25, 0.3) is 5.91 Å². The Labute approximate surface area is 202 Å². The summed E-state index contributed by atoms with van der Waals surface area (Å²) in [5.41, 5.74) is 2.55. The smallest absolute Gasteiger partial charge is 0.259 e. The molecule has 5 rings (SSSR count). The van der Waals surface area contributed by atoms with Crippen LogP contribution in [0, 0.1) is 0 Å². The molecular weight excluding hydrogens is 456 g/mol. The number of nitrogens with one attached hydrogen (secondary N) is 1. The fourth-order valence-electron chi connectivity index (χ4n) is 4.50. The molecule has 2 aromatic carbocycles. The van der Waals surface area contributed by atoms with Gasteiger partial charge in [-0.2, -0.15) is 0 Å². The van der Waals surface area contributed by atoms with Gasteiger partial charge in [-0.05, 0) is 36.6 Å². The van der Waals surface area contributed by atoms with Crippen molar-refractivity contribution in [1.82, 2.24) is 10.2 Å². The van der Waals surface area contributed by atoms with Crippen molar-refractivity contribution in [3.8, 4) is 0 Å². The highest BCUT2D eigenvalue weighted by molar-refractivity contribution is 8.13. The molecule has 2 amide bonds. The van der Waals surface area contributed by atoms with Crippen molar-refractivity contribution in [3.63, 3.8) is 0 Å². The Hall–Kier alpha value is -2.64. The molecular formula is C25H25ClN4O2S. The molecule has 8 heteroatoms. The van der Waals surface area contributed by atoms with Gasteiger partial charge in [-0.3, -0.25) is 14.6 Å². The van der Waals surface area contributed by atoms with E-state index < -0.39 is 6.04 Å². The van der Waals surface area contributed by atoms with Crippen LogP contribution < -0.4 is 5.32 Å². The second-order valence-electron chi connectivity index (χ2n) is 8.54. The molecule has 0 saturated heterocycles. The summed E-state index contributed by atoms with van der Waals surface area (Å²) in [6, 6.07) is 14.8. The molecule has 0 aromatic heterocycles. The third kappa shape index (κ3) is 4.70. The second kappa shape index (κ2) is 9.69.